The zero-order valence-electron chi connectivity index (χ0n) is 11.6. The zero-order chi connectivity index (χ0) is 15.0. The highest BCUT2D eigenvalue weighted by atomic mass is 79.9. The number of pyridine rings is 1. The maximum absolute atomic E-state index is 11.7. The Bertz CT molecular complexity index is 742. The van der Waals surface area contributed by atoms with Crippen molar-refractivity contribution >= 4 is 42.4 Å². The molecule has 0 unspecified atom stereocenters. The van der Waals surface area contributed by atoms with E-state index in [4.69, 9.17) is 0 Å². The van der Waals surface area contributed by atoms with Crippen molar-refractivity contribution in [1.82, 2.24) is 4.98 Å². The fraction of sp³-hybridized carbons (Fsp3) is 0.357. The van der Waals surface area contributed by atoms with E-state index in [1.165, 1.54) is 6.26 Å². The number of hydrogen-bond acceptors (Lipinski definition) is 4. The highest BCUT2D eigenvalue weighted by Crippen LogP contribution is 2.28. The fourth-order valence-corrected chi connectivity index (χ4v) is 2.57. The van der Waals surface area contributed by atoms with Crippen molar-refractivity contribution in [1.29, 1.82) is 0 Å². The van der Waals surface area contributed by atoms with Crippen molar-refractivity contribution in [3.8, 4) is 0 Å². The minimum Gasteiger partial charge on any atom is -0.368 e. The van der Waals surface area contributed by atoms with E-state index in [1.807, 2.05) is 24.3 Å². The van der Waals surface area contributed by atoms with E-state index in [9.17, 15) is 8.42 Å². The Kier molecular flexibility index (Phi) is 4.07. The first-order valence-electron chi connectivity index (χ1n) is 6.19. The van der Waals surface area contributed by atoms with Gasteiger partial charge in [0.2, 0.25) is 0 Å². The molecule has 0 saturated carbocycles. The summed E-state index contributed by atoms with van der Waals surface area (Å²) in [4.78, 5) is 4.31. The van der Waals surface area contributed by atoms with Gasteiger partial charge >= 0.3 is 0 Å². The number of nitrogens with zero attached hydrogens (tertiary/aromatic N) is 1. The minimum atomic E-state index is -3.13. The van der Waals surface area contributed by atoms with Gasteiger partial charge in [0.15, 0.2) is 9.84 Å². The Morgan fingerprint density at radius 3 is 2.60 bits per heavy atom. The van der Waals surface area contributed by atoms with Gasteiger partial charge in [0.05, 0.1) is 4.75 Å². The van der Waals surface area contributed by atoms with Gasteiger partial charge in [0.25, 0.3) is 0 Å². The Morgan fingerprint density at radius 1 is 1.25 bits per heavy atom. The number of fused-ring (bicyclic) bond motifs is 1. The van der Waals surface area contributed by atoms with Gasteiger partial charge in [-0.25, -0.2) is 13.4 Å². The molecule has 0 aliphatic heterocycles. The van der Waals surface area contributed by atoms with Crippen LogP contribution < -0.4 is 5.32 Å². The van der Waals surface area contributed by atoms with E-state index >= 15 is 0 Å². The molecule has 0 atom stereocenters. The second kappa shape index (κ2) is 5.33. The monoisotopic (exact) mass is 356 g/mol. The van der Waals surface area contributed by atoms with Crippen molar-refractivity contribution in [2.75, 3.05) is 18.1 Å². The summed E-state index contributed by atoms with van der Waals surface area (Å²) in [5.74, 6) is 0.695. The van der Waals surface area contributed by atoms with Gasteiger partial charge in [-0.05, 0) is 26.0 Å². The first-order valence-corrected chi connectivity index (χ1v) is 8.87. The Balaban J connectivity index is 2.34. The molecule has 20 heavy (non-hydrogen) atoms. The van der Waals surface area contributed by atoms with E-state index in [-0.39, 0.29) is 0 Å². The number of halogens is 1. The number of anilines is 1. The number of sulfone groups is 1. The van der Waals surface area contributed by atoms with Crippen LogP contribution >= 0.6 is 15.9 Å². The number of benzene rings is 1. The standard InChI is InChI=1S/C14H17BrN2O2S/c1-14(2,20(3,18)19)9-17-13-11-5-4-6-12(15)10(11)7-8-16-13/h4-8H,9H2,1-3H3,(H,16,17). The van der Waals surface area contributed by atoms with Gasteiger partial charge in [-0.2, -0.15) is 0 Å². The molecule has 0 fully saturated rings. The summed E-state index contributed by atoms with van der Waals surface area (Å²) < 4.78 is 23.6. The lowest BCUT2D eigenvalue weighted by Gasteiger charge is -2.23. The van der Waals surface area contributed by atoms with Crippen molar-refractivity contribution in [2.24, 2.45) is 0 Å². The van der Waals surface area contributed by atoms with Crippen molar-refractivity contribution < 1.29 is 8.42 Å². The molecular formula is C14H17BrN2O2S. The normalized spacial score (nSPS) is 12.6. The van der Waals surface area contributed by atoms with Gasteiger partial charge in [-0.1, -0.05) is 28.1 Å². The molecule has 0 amide bonds. The van der Waals surface area contributed by atoms with E-state index in [0.29, 0.717) is 12.4 Å². The molecule has 1 heterocycles. The Morgan fingerprint density at radius 2 is 1.95 bits per heavy atom. The molecule has 6 heteroatoms. The molecule has 0 spiro atoms. The summed E-state index contributed by atoms with van der Waals surface area (Å²) in [5.41, 5.74) is 0. The van der Waals surface area contributed by atoms with Crippen LogP contribution in [-0.4, -0.2) is 30.9 Å². The van der Waals surface area contributed by atoms with Gasteiger partial charge in [0.1, 0.15) is 5.82 Å². The molecule has 0 aliphatic rings. The van der Waals surface area contributed by atoms with E-state index in [2.05, 4.69) is 26.2 Å². The summed E-state index contributed by atoms with van der Waals surface area (Å²) in [6, 6.07) is 7.78. The molecule has 0 aliphatic carbocycles. The van der Waals surface area contributed by atoms with Crippen molar-refractivity contribution in [3.05, 3.63) is 34.9 Å². The lowest BCUT2D eigenvalue weighted by atomic mass is 10.1. The molecule has 1 N–H and O–H groups in total. The van der Waals surface area contributed by atoms with Crippen LogP contribution in [0, 0.1) is 0 Å². The topological polar surface area (TPSA) is 59.1 Å². The summed E-state index contributed by atoms with van der Waals surface area (Å²) in [6.45, 7) is 3.72. The van der Waals surface area contributed by atoms with Crippen LogP contribution in [0.1, 0.15) is 13.8 Å². The van der Waals surface area contributed by atoms with E-state index in [1.54, 1.807) is 20.0 Å². The smallest absolute Gasteiger partial charge is 0.154 e. The van der Waals surface area contributed by atoms with Crippen LogP contribution in [0.4, 0.5) is 5.82 Å². The van der Waals surface area contributed by atoms with E-state index in [0.717, 1.165) is 15.2 Å². The number of nitrogens with one attached hydrogen (secondary N) is 1. The molecule has 0 saturated heterocycles. The van der Waals surface area contributed by atoms with Gasteiger partial charge < -0.3 is 5.32 Å². The average molecular weight is 357 g/mol. The second-order valence-electron chi connectivity index (χ2n) is 5.38. The number of hydrogen-bond donors (Lipinski definition) is 1. The van der Waals surface area contributed by atoms with Crippen LogP contribution in [0.25, 0.3) is 10.8 Å². The molecule has 1 aromatic carbocycles. The highest BCUT2D eigenvalue weighted by molar-refractivity contribution is 9.10. The second-order valence-corrected chi connectivity index (χ2v) is 8.88. The third kappa shape index (κ3) is 2.96. The van der Waals surface area contributed by atoms with Gasteiger partial charge in [0, 0.05) is 34.2 Å². The van der Waals surface area contributed by atoms with Crippen LogP contribution in [0.5, 0.6) is 0 Å². The molecule has 2 aromatic rings. The largest absolute Gasteiger partial charge is 0.368 e. The molecule has 0 bridgehead atoms. The molecule has 0 radical (unpaired) electrons. The summed E-state index contributed by atoms with van der Waals surface area (Å²) >= 11 is 3.50. The molecular weight excluding hydrogens is 340 g/mol. The van der Waals surface area contributed by atoms with Crippen LogP contribution in [0.3, 0.4) is 0 Å². The number of aromatic nitrogens is 1. The quantitative estimate of drug-likeness (QED) is 0.913. The Hall–Kier alpha value is -1.14. The lowest BCUT2D eigenvalue weighted by Crippen LogP contribution is -2.38. The molecule has 4 nitrogen and oxygen atoms in total. The third-order valence-corrected chi connectivity index (χ3v) is 6.28. The third-order valence-electron chi connectivity index (χ3n) is 3.44. The first-order chi connectivity index (χ1) is 9.22. The molecule has 108 valence electrons. The molecule has 1 aromatic heterocycles. The van der Waals surface area contributed by atoms with Gasteiger partial charge in [-0.3, -0.25) is 0 Å². The van der Waals surface area contributed by atoms with Crippen LogP contribution in [-0.2, 0) is 9.84 Å². The fourth-order valence-electron chi connectivity index (χ4n) is 1.74. The highest BCUT2D eigenvalue weighted by Gasteiger charge is 2.30. The zero-order valence-corrected chi connectivity index (χ0v) is 14.0. The summed E-state index contributed by atoms with van der Waals surface area (Å²) in [6.07, 6.45) is 2.96. The first kappa shape index (κ1) is 15.3. The summed E-state index contributed by atoms with van der Waals surface area (Å²) in [7, 11) is -3.13. The van der Waals surface area contributed by atoms with E-state index < -0.39 is 14.6 Å². The maximum atomic E-state index is 11.7. The van der Waals surface area contributed by atoms with Gasteiger partial charge in [-0.15, -0.1) is 0 Å². The predicted octanol–water partition coefficient (Wildman–Crippen LogP) is 3.23. The minimum absolute atomic E-state index is 0.310. The summed E-state index contributed by atoms with van der Waals surface area (Å²) in [5, 5.41) is 5.16. The Labute approximate surface area is 127 Å². The SMILES string of the molecule is CC(C)(CNc1nccc2c(Br)cccc12)S(C)(=O)=O. The van der Waals surface area contributed by atoms with Crippen LogP contribution in [0.2, 0.25) is 0 Å². The predicted molar refractivity (Wildman–Crippen MR) is 86.9 cm³/mol. The van der Waals surface area contributed by atoms with Crippen molar-refractivity contribution in [3.63, 3.8) is 0 Å². The van der Waals surface area contributed by atoms with Crippen molar-refractivity contribution in [2.45, 2.75) is 18.6 Å². The lowest BCUT2D eigenvalue weighted by molar-refractivity contribution is 0.559. The van der Waals surface area contributed by atoms with Crippen LogP contribution in [0.15, 0.2) is 34.9 Å². The maximum Gasteiger partial charge on any atom is 0.154 e. The molecule has 2 rings (SSSR count). The number of rotatable bonds is 4. The average Bonchev–Trinajstić information content (AvgIpc) is 2.35.